The van der Waals surface area contributed by atoms with E-state index in [1.54, 1.807) is 6.07 Å². The van der Waals surface area contributed by atoms with Crippen LogP contribution in [0.25, 0.3) is 0 Å². The van der Waals surface area contributed by atoms with Gasteiger partial charge in [-0.05, 0) is 53.5 Å². The first-order valence-electron chi connectivity index (χ1n) is 6.08. The number of aliphatic carboxylic acids is 1. The largest absolute Gasteiger partial charge is 0.480 e. The number of carboxylic acids is 1. The molecule has 1 fully saturated rings. The molecule has 1 aliphatic carbocycles. The number of nitrogens with one attached hydrogen (secondary N) is 1. The number of benzene rings is 1. The van der Waals surface area contributed by atoms with Crippen molar-refractivity contribution in [3.63, 3.8) is 0 Å². The van der Waals surface area contributed by atoms with E-state index in [-0.39, 0.29) is 12.6 Å². The van der Waals surface area contributed by atoms with E-state index in [9.17, 15) is 9.59 Å². The summed E-state index contributed by atoms with van der Waals surface area (Å²) in [5, 5.41) is 11.6. The van der Waals surface area contributed by atoms with Crippen LogP contribution in [0.15, 0.2) is 24.3 Å². The minimum Gasteiger partial charge on any atom is -0.480 e. The molecule has 2 N–H and O–H groups in total. The van der Waals surface area contributed by atoms with Crippen LogP contribution in [0, 0.1) is 9.49 Å². The third-order valence-corrected chi connectivity index (χ3v) is 3.84. The Morgan fingerprint density at radius 1 is 1.37 bits per heavy atom. The van der Waals surface area contributed by atoms with E-state index in [0.717, 1.165) is 16.4 Å². The minimum absolute atomic E-state index is 0.258. The molecule has 0 bridgehead atoms. The Morgan fingerprint density at radius 2 is 2.05 bits per heavy atom. The fraction of sp³-hybridized carbons (Fsp3) is 0.385. The number of halogens is 1. The van der Waals surface area contributed by atoms with E-state index >= 15 is 0 Å². The van der Waals surface area contributed by atoms with E-state index in [2.05, 4.69) is 27.9 Å². The SMILES string of the molecule is O=C(O)CN(CC1CC1)C(=O)Nc1ccccc1I. The number of rotatable bonds is 5. The number of carboxylic acid groups (broad SMARTS) is 1. The summed E-state index contributed by atoms with van der Waals surface area (Å²) >= 11 is 2.13. The smallest absolute Gasteiger partial charge is 0.323 e. The van der Waals surface area contributed by atoms with Crippen molar-refractivity contribution in [3.05, 3.63) is 27.8 Å². The standard InChI is InChI=1S/C13H15IN2O3/c14-10-3-1-2-4-11(10)15-13(19)16(8-12(17)18)7-9-5-6-9/h1-4,9H,5-8H2,(H,15,19)(H,17,18). The Bertz CT molecular complexity index is 489. The van der Waals surface area contributed by atoms with Crippen LogP contribution in [-0.4, -0.2) is 35.1 Å². The number of anilines is 1. The Morgan fingerprint density at radius 3 is 2.63 bits per heavy atom. The van der Waals surface area contributed by atoms with Gasteiger partial charge in [-0.2, -0.15) is 0 Å². The second-order valence-corrected chi connectivity index (χ2v) is 5.79. The molecule has 0 aromatic heterocycles. The van der Waals surface area contributed by atoms with Gasteiger partial charge in [-0.15, -0.1) is 0 Å². The summed E-state index contributed by atoms with van der Waals surface area (Å²) < 4.78 is 0.926. The molecule has 1 saturated carbocycles. The summed E-state index contributed by atoms with van der Waals surface area (Å²) in [5.74, 6) is -0.529. The molecule has 0 aliphatic heterocycles. The van der Waals surface area contributed by atoms with Gasteiger partial charge < -0.3 is 15.3 Å². The first kappa shape index (κ1) is 14.1. The van der Waals surface area contributed by atoms with Gasteiger partial charge in [0, 0.05) is 10.1 Å². The molecule has 0 radical (unpaired) electrons. The summed E-state index contributed by atoms with van der Waals surface area (Å²) in [7, 11) is 0. The number of carbonyl (C=O) groups is 2. The van der Waals surface area contributed by atoms with Gasteiger partial charge in [-0.1, -0.05) is 12.1 Å². The molecule has 1 aromatic carbocycles. The zero-order chi connectivity index (χ0) is 13.8. The zero-order valence-electron chi connectivity index (χ0n) is 10.3. The Kier molecular flexibility index (Phi) is 4.62. The second kappa shape index (κ2) is 6.23. The molecule has 102 valence electrons. The Hall–Kier alpha value is -1.31. The van der Waals surface area contributed by atoms with Crippen LogP contribution in [-0.2, 0) is 4.79 Å². The van der Waals surface area contributed by atoms with Gasteiger partial charge >= 0.3 is 12.0 Å². The summed E-state index contributed by atoms with van der Waals surface area (Å²) in [6.45, 7) is 0.257. The molecule has 19 heavy (non-hydrogen) atoms. The molecule has 0 atom stereocenters. The van der Waals surface area contributed by atoms with Crippen LogP contribution in [0.2, 0.25) is 0 Å². The molecular formula is C13H15IN2O3. The van der Waals surface area contributed by atoms with Crippen molar-refractivity contribution < 1.29 is 14.7 Å². The molecule has 6 heteroatoms. The molecule has 0 heterocycles. The minimum atomic E-state index is -0.987. The van der Waals surface area contributed by atoms with E-state index in [1.165, 1.54) is 4.90 Å². The van der Waals surface area contributed by atoms with Crippen LogP contribution < -0.4 is 5.32 Å². The highest BCUT2D eigenvalue weighted by Crippen LogP contribution is 2.30. The molecule has 0 unspecified atom stereocenters. The highest BCUT2D eigenvalue weighted by atomic mass is 127. The van der Waals surface area contributed by atoms with Gasteiger partial charge in [0.05, 0.1) is 5.69 Å². The lowest BCUT2D eigenvalue weighted by Crippen LogP contribution is -2.40. The lowest BCUT2D eigenvalue weighted by atomic mass is 10.3. The summed E-state index contributed by atoms with van der Waals surface area (Å²) in [4.78, 5) is 24.3. The highest BCUT2D eigenvalue weighted by molar-refractivity contribution is 14.1. The van der Waals surface area contributed by atoms with Crippen LogP contribution in [0.3, 0.4) is 0 Å². The number of carbonyl (C=O) groups excluding carboxylic acids is 1. The van der Waals surface area contributed by atoms with Crippen molar-refractivity contribution in [3.8, 4) is 0 Å². The second-order valence-electron chi connectivity index (χ2n) is 4.63. The number of urea groups is 1. The molecular weight excluding hydrogens is 359 g/mol. The maximum atomic E-state index is 12.1. The van der Waals surface area contributed by atoms with Crippen LogP contribution in [0.5, 0.6) is 0 Å². The molecule has 2 amide bonds. The monoisotopic (exact) mass is 374 g/mol. The molecule has 2 rings (SSSR count). The van der Waals surface area contributed by atoms with Crippen molar-refractivity contribution >= 4 is 40.3 Å². The van der Waals surface area contributed by atoms with Gasteiger partial charge in [-0.3, -0.25) is 4.79 Å². The van der Waals surface area contributed by atoms with Gasteiger partial charge in [0.2, 0.25) is 0 Å². The van der Waals surface area contributed by atoms with Crippen molar-refractivity contribution in [2.45, 2.75) is 12.8 Å². The molecule has 1 aromatic rings. The molecule has 5 nitrogen and oxygen atoms in total. The van der Waals surface area contributed by atoms with Crippen LogP contribution >= 0.6 is 22.6 Å². The average molecular weight is 374 g/mol. The van der Waals surface area contributed by atoms with Crippen molar-refractivity contribution in [1.29, 1.82) is 0 Å². The van der Waals surface area contributed by atoms with Crippen molar-refractivity contribution in [2.24, 2.45) is 5.92 Å². The topological polar surface area (TPSA) is 69.6 Å². The highest BCUT2D eigenvalue weighted by Gasteiger charge is 2.28. The summed E-state index contributed by atoms with van der Waals surface area (Å²) in [5.41, 5.74) is 0.708. The fourth-order valence-electron chi connectivity index (χ4n) is 1.75. The fourth-order valence-corrected chi connectivity index (χ4v) is 2.27. The number of nitrogens with zero attached hydrogens (tertiary/aromatic N) is 1. The molecule has 1 aliphatic rings. The zero-order valence-corrected chi connectivity index (χ0v) is 12.5. The normalized spacial score (nSPS) is 13.9. The number of hydrogen-bond acceptors (Lipinski definition) is 2. The quantitative estimate of drug-likeness (QED) is 0.779. The predicted octanol–water partition coefficient (Wildman–Crippen LogP) is 2.62. The first-order chi connectivity index (χ1) is 9.06. The lowest BCUT2D eigenvalue weighted by Gasteiger charge is -2.21. The maximum Gasteiger partial charge on any atom is 0.323 e. The molecule has 0 spiro atoms. The Balaban J connectivity index is 2.01. The van der Waals surface area contributed by atoms with E-state index in [1.807, 2.05) is 18.2 Å². The summed E-state index contributed by atoms with van der Waals surface area (Å²) in [6, 6.07) is 7.06. The number of hydrogen-bond donors (Lipinski definition) is 2. The van der Waals surface area contributed by atoms with Gasteiger partial charge in [0.15, 0.2) is 0 Å². The lowest BCUT2D eigenvalue weighted by molar-refractivity contribution is -0.137. The third-order valence-electron chi connectivity index (χ3n) is 2.90. The number of amides is 2. The van der Waals surface area contributed by atoms with Gasteiger partial charge in [0.25, 0.3) is 0 Å². The predicted molar refractivity (Wildman–Crippen MR) is 80.1 cm³/mol. The van der Waals surface area contributed by atoms with E-state index in [0.29, 0.717) is 18.2 Å². The number of para-hydroxylation sites is 1. The van der Waals surface area contributed by atoms with Crippen LogP contribution in [0.1, 0.15) is 12.8 Å². The molecule has 0 saturated heterocycles. The van der Waals surface area contributed by atoms with Crippen molar-refractivity contribution in [1.82, 2.24) is 4.90 Å². The van der Waals surface area contributed by atoms with E-state index < -0.39 is 5.97 Å². The Labute approximate surface area is 125 Å². The third kappa shape index (κ3) is 4.38. The summed E-state index contributed by atoms with van der Waals surface area (Å²) in [6.07, 6.45) is 2.15. The van der Waals surface area contributed by atoms with Gasteiger partial charge in [0.1, 0.15) is 6.54 Å². The van der Waals surface area contributed by atoms with E-state index in [4.69, 9.17) is 5.11 Å². The van der Waals surface area contributed by atoms with Crippen LogP contribution in [0.4, 0.5) is 10.5 Å². The average Bonchev–Trinajstić information content (AvgIpc) is 3.14. The van der Waals surface area contributed by atoms with Crippen molar-refractivity contribution in [2.75, 3.05) is 18.4 Å². The van der Waals surface area contributed by atoms with Gasteiger partial charge in [-0.25, -0.2) is 4.79 Å². The maximum absolute atomic E-state index is 12.1. The first-order valence-corrected chi connectivity index (χ1v) is 7.16.